The molecule has 0 spiro atoms. The van der Waals surface area contributed by atoms with Gasteiger partial charge in [-0.2, -0.15) is 5.10 Å². The number of benzene rings is 1. The van der Waals surface area contributed by atoms with E-state index < -0.39 is 18.0 Å². The van der Waals surface area contributed by atoms with Crippen LogP contribution in [0.1, 0.15) is 45.0 Å². The molecule has 0 saturated heterocycles. The Morgan fingerprint density at radius 3 is 2.40 bits per heavy atom. The summed E-state index contributed by atoms with van der Waals surface area (Å²) in [5.41, 5.74) is 3.81. The van der Waals surface area contributed by atoms with E-state index in [1.807, 2.05) is 36.4 Å². The molecule has 2 aromatic rings. The van der Waals surface area contributed by atoms with Gasteiger partial charge in [0.05, 0.1) is 18.8 Å². The Kier molecular flexibility index (Phi) is 8.76. The number of anilines is 1. The number of hydrazone groups is 1. The molecule has 0 fully saturated rings. The Morgan fingerprint density at radius 2 is 1.73 bits per heavy atom. The second-order valence-corrected chi connectivity index (χ2v) is 6.84. The molecule has 8 nitrogen and oxygen atoms in total. The van der Waals surface area contributed by atoms with Gasteiger partial charge >= 0.3 is 18.0 Å². The maximum atomic E-state index is 12.3. The molecule has 1 aromatic carbocycles. The van der Waals surface area contributed by atoms with E-state index in [0.29, 0.717) is 5.56 Å². The second-order valence-electron chi connectivity index (χ2n) is 5.82. The molecule has 158 valence electrons. The summed E-state index contributed by atoms with van der Waals surface area (Å²) in [4.78, 5) is 36.9. The molecule has 9 heteroatoms. The van der Waals surface area contributed by atoms with Crippen LogP contribution in [0.15, 0.2) is 41.5 Å². The molecule has 0 radical (unpaired) electrons. The number of carbonyl (C=O) groups is 3. The molecule has 0 aliphatic heterocycles. The first-order valence-electron chi connectivity index (χ1n) is 9.27. The number of hydrogen-bond donors (Lipinski definition) is 2. The standard InChI is InChI=1S/C21H23N3O5S/c1-4-28-19(25)16-14(3)17(20(26)29-5-2)30-18(16)23-21(27)24-22-13-9-12-15-10-7-6-8-11-15/h6-13H,4-5H2,1-3H3,(H2,23,24,27)/b12-9-,22-13+. The van der Waals surface area contributed by atoms with E-state index in [1.165, 1.54) is 6.21 Å². The van der Waals surface area contributed by atoms with Crippen LogP contribution >= 0.6 is 11.3 Å². The van der Waals surface area contributed by atoms with E-state index in [-0.39, 0.29) is 28.7 Å². The number of esters is 2. The molecule has 30 heavy (non-hydrogen) atoms. The number of rotatable bonds is 8. The first-order valence-corrected chi connectivity index (χ1v) is 10.1. The molecule has 2 amide bonds. The highest BCUT2D eigenvalue weighted by Crippen LogP contribution is 2.34. The van der Waals surface area contributed by atoms with Crippen molar-refractivity contribution >= 4 is 46.6 Å². The van der Waals surface area contributed by atoms with Crippen molar-refractivity contribution in [1.29, 1.82) is 0 Å². The number of amides is 2. The largest absolute Gasteiger partial charge is 0.462 e. The molecule has 2 rings (SSSR count). The normalized spacial score (nSPS) is 10.9. The summed E-state index contributed by atoms with van der Waals surface area (Å²) in [6, 6.07) is 8.95. The summed E-state index contributed by atoms with van der Waals surface area (Å²) in [7, 11) is 0. The van der Waals surface area contributed by atoms with Crippen LogP contribution in [0.2, 0.25) is 0 Å². The smallest absolute Gasteiger partial charge is 0.348 e. The van der Waals surface area contributed by atoms with E-state index >= 15 is 0 Å². The van der Waals surface area contributed by atoms with E-state index in [4.69, 9.17) is 9.47 Å². The van der Waals surface area contributed by atoms with Crippen LogP contribution in [0.25, 0.3) is 6.08 Å². The maximum Gasteiger partial charge on any atom is 0.348 e. The summed E-state index contributed by atoms with van der Waals surface area (Å²) in [6.45, 7) is 5.31. The number of ether oxygens (including phenoxy) is 2. The number of urea groups is 1. The zero-order valence-electron chi connectivity index (χ0n) is 16.9. The SMILES string of the molecule is CCOC(=O)c1sc(NC(=O)N/N=C/C=C\c2ccccc2)c(C(=O)OCC)c1C. The number of carbonyl (C=O) groups excluding carboxylic acids is 3. The van der Waals surface area contributed by atoms with Crippen molar-refractivity contribution < 1.29 is 23.9 Å². The summed E-state index contributed by atoms with van der Waals surface area (Å²) in [5, 5.41) is 6.53. The lowest BCUT2D eigenvalue weighted by Gasteiger charge is -2.06. The highest BCUT2D eigenvalue weighted by Gasteiger charge is 2.27. The van der Waals surface area contributed by atoms with Crippen molar-refractivity contribution in [3.8, 4) is 0 Å². The average Bonchev–Trinajstić information content (AvgIpc) is 3.04. The molecule has 0 unspecified atom stereocenters. The third-order valence-electron chi connectivity index (χ3n) is 3.73. The molecule has 0 aliphatic rings. The molecule has 2 N–H and O–H groups in total. The molecule has 1 heterocycles. The van der Waals surface area contributed by atoms with Crippen molar-refractivity contribution in [3.63, 3.8) is 0 Å². The fourth-order valence-electron chi connectivity index (χ4n) is 2.43. The lowest BCUT2D eigenvalue weighted by atomic mass is 10.1. The van der Waals surface area contributed by atoms with Gasteiger partial charge in [-0.05, 0) is 38.0 Å². The molecular weight excluding hydrogens is 406 g/mol. The van der Waals surface area contributed by atoms with E-state index in [2.05, 4.69) is 15.8 Å². The minimum atomic E-state index is -0.665. The number of allylic oxidation sites excluding steroid dienone is 1. The van der Waals surface area contributed by atoms with Crippen LogP contribution in [0.5, 0.6) is 0 Å². The van der Waals surface area contributed by atoms with E-state index in [0.717, 1.165) is 16.9 Å². The van der Waals surface area contributed by atoms with Gasteiger partial charge in [0.1, 0.15) is 9.88 Å². The molecule has 0 saturated carbocycles. The Morgan fingerprint density at radius 1 is 1.07 bits per heavy atom. The first kappa shape index (κ1) is 22.8. The minimum Gasteiger partial charge on any atom is -0.462 e. The quantitative estimate of drug-likeness (QED) is 0.371. The van der Waals surface area contributed by atoms with Crippen LogP contribution < -0.4 is 10.7 Å². The van der Waals surface area contributed by atoms with Gasteiger partial charge in [-0.1, -0.05) is 36.4 Å². The van der Waals surface area contributed by atoms with Crippen LogP contribution in [-0.4, -0.2) is 37.4 Å². The Hall–Kier alpha value is -3.46. The molecule has 0 aliphatic carbocycles. The van der Waals surface area contributed by atoms with Crippen molar-refractivity contribution in [2.75, 3.05) is 18.5 Å². The number of nitrogens with one attached hydrogen (secondary N) is 2. The zero-order valence-corrected chi connectivity index (χ0v) is 17.7. The Bertz CT molecular complexity index is 951. The third kappa shape index (κ3) is 6.28. The van der Waals surface area contributed by atoms with Crippen molar-refractivity contribution in [2.24, 2.45) is 5.10 Å². The van der Waals surface area contributed by atoms with Gasteiger partial charge < -0.3 is 9.47 Å². The lowest BCUT2D eigenvalue weighted by Crippen LogP contribution is -2.24. The van der Waals surface area contributed by atoms with Crippen molar-refractivity contribution in [2.45, 2.75) is 20.8 Å². The first-order chi connectivity index (χ1) is 14.5. The predicted octanol–water partition coefficient (Wildman–Crippen LogP) is 4.23. The zero-order chi connectivity index (χ0) is 21.9. The van der Waals surface area contributed by atoms with Crippen LogP contribution in [-0.2, 0) is 9.47 Å². The fourth-order valence-corrected chi connectivity index (χ4v) is 3.51. The summed E-state index contributed by atoms with van der Waals surface area (Å²) in [5.74, 6) is -1.20. The average molecular weight is 429 g/mol. The van der Waals surface area contributed by atoms with E-state index in [9.17, 15) is 14.4 Å². The van der Waals surface area contributed by atoms with Gasteiger partial charge in [-0.15, -0.1) is 11.3 Å². The Balaban J connectivity index is 2.09. The summed E-state index contributed by atoms with van der Waals surface area (Å²) in [6.07, 6.45) is 4.92. The third-order valence-corrected chi connectivity index (χ3v) is 4.92. The molecule has 0 atom stereocenters. The maximum absolute atomic E-state index is 12.3. The Labute approximate surface area is 178 Å². The van der Waals surface area contributed by atoms with Crippen LogP contribution in [0.4, 0.5) is 9.80 Å². The predicted molar refractivity (Wildman–Crippen MR) is 117 cm³/mol. The monoisotopic (exact) mass is 429 g/mol. The van der Waals surface area contributed by atoms with Gasteiger partial charge in [0.25, 0.3) is 0 Å². The highest BCUT2D eigenvalue weighted by atomic mass is 32.1. The van der Waals surface area contributed by atoms with Gasteiger partial charge in [0, 0.05) is 6.21 Å². The van der Waals surface area contributed by atoms with Gasteiger partial charge in [-0.3, -0.25) is 5.32 Å². The van der Waals surface area contributed by atoms with Gasteiger partial charge in [0.2, 0.25) is 0 Å². The number of nitrogens with zero attached hydrogens (tertiary/aromatic N) is 1. The second kappa shape index (κ2) is 11.5. The van der Waals surface area contributed by atoms with Crippen molar-refractivity contribution in [1.82, 2.24) is 5.43 Å². The molecule has 0 bridgehead atoms. The van der Waals surface area contributed by atoms with Gasteiger partial charge in [-0.25, -0.2) is 19.8 Å². The molecular formula is C21H23N3O5S. The minimum absolute atomic E-state index is 0.119. The summed E-state index contributed by atoms with van der Waals surface area (Å²) < 4.78 is 10.1. The fraction of sp³-hybridized carbons (Fsp3) is 0.238. The lowest BCUT2D eigenvalue weighted by molar-refractivity contribution is 0.0527. The molecule has 1 aromatic heterocycles. The highest BCUT2D eigenvalue weighted by molar-refractivity contribution is 7.18. The number of thiophene rings is 1. The number of hydrogen-bond acceptors (Lipinski definition) is 7. The van der Waals surface area contributed by atoms with Crippen LogP contribution in [0, 0.1) is 6.92 Å². The summed E-state index contributed by atoms with van der Waals surface area (Å²) >= 11 is 0.945. The topological polar surface area (TPSA) is 106 Å². The van der Waals surface area contributed by atoms with Gasteiger partial charge in [0.15, 0.2) is 0 Å². The van der Waals surface area contributed by atoms with E-state index in [1.54, 1.807) is 26.8 Å². The van der Waals surface area contributed by atoms with Crippen LogP contribution in [0.3, 0.4) is 0 Å². The van der Waals surface area contributed by atoms with Crippen molar-refractivity contribution in [3.05, 3.63) is 58.0 Å².